The third kappa shape index (κ3) is 12.0. The van der Waals surface area contributed by atoms with Crippen LogP contribution in [0.25, 0.3) is 0 Å². The summed E-state index contributed by atoms with van der Waals surface area (Å²) in [7, 11) is 0. The molecule has 0 amide bonds. The van der Waals surface area contributed by atoms with Crippen molar-refractivity contribution in [3.05, 3.63) is 23.5 Å². The van der Waals surface area contributed by atoms with Crippen LogP contribution in [0, 0.1) is 13.8 Å². The van der Waals surface area contributed by atoms with Gasteiger partial charge < -0.3 is 19.1 Å². The molecule has 3 atom stereocenters. The minimum atomic E-state index is -0.825. The largest absolute Gasteiger partial charge is 0.464 e. The highest BCUT2D eigenvalue weighted by Crippen LogP contribution is 2.26. The summed E-state index contributed by atoms with van der Waals surface area (Å²) in [4.78, 5) is 23.4. The number of carbonyl (C=O) groups excluding carboxylic acids is 2. The molecule has 1 aromatic rings. The Balaban J connectivity index is 2.53. The van der Waals surface area contributed by atoms with E-state index < -0.39 is 30.2 Å². The Bertz CT molecular complexity index is 679. The first-order valence-electron chi connectivity index (χ1n) is 13.4. The van der Waals surface area contributed by atoms with Crippen LogP contribution in [0.1, 0.15) is 122 Å². The third-order valence-corrected chi connectivity index (χ3v) is 6.53. The van der Waals surface area contributed by atoms with Crippen LogP contribution in [-0.2, 0) is 19.1 Å². The van der Waals surface area contributed by atoms with Crippen molar-refractivity contribution >= 4 is 11.9 Å². The average Bonchev–Trinajstić information content (AvgIpc) is 3.11. The molecule has 0 bridgehead atoms. The van der Waals surface area contributed by atoms with Gasteiger partial charge in [-0.25, -0.2) is 0 Å². The molecule has 0 aliphatic heterocycles. The van der Waals surface area contributed by atoms with Crippen LogP contribution in [0.2, 0.25) is 0 Å². The summed E-state index contributed by atoms with van der Waals surface area (Å²) in [6.45, 7) is 8.91. The molecule has 0 unspecified atom stereocenters. The number of aryl methyl sites for hydroxylation is 2. The lowest BCUT2D eigenvalue weighted by atomic mass is 9.98. The van der Waals surface area contributed by atoms with Gasteiger partial charge in [-0.1, -0.05) is 84.0 Å². The predicted octanol–water partition coefficient (Wildman–Crippen LogP) is 6.59. The topological polar surface area (TPSA) is 77.8 Å². The van der Waals surface area contributed by atoms with E-state index in [0.717, 1.165) is 30.7 Å². The quantitative estimate of drug-likeness (QED) is 0.179. The van der Waals surface area contributed by atoms with E-state index in [9.17, 15) is 14.7 Å². The highest BCUT2D eigenvalue weighted by molar-refractivity contribution is 5.66. The molecule has 0 saturated heterocycles. The molecule has 0 spiro atoms. The summed E-state index contributed by atoms with van der Waals surface area (Å²) in [6, 6.07) is 3.46. The van der Waals surface area contributed by atoms with Gasteiger partial charge in [0.1, 0.15) is 12.6 Å². The Hall–Kier alpha value is -1.82. The number of hydrogen-bond donors (Lipinski definition) is 1. The Morgan fingerprint density at radius 1 is 0.824 bits per heavy atom. The van der Waals surface area contributed by atoms with Crippen molar-refractivity contribution in [2.75, 3.05) is 6.61 Å². The lowest BCUT2D eigenvalue weighted by molar-refractivity contribution is -0.160. The number of aromatic nitrogens is 1. The van der Waals surface area contributed by atoms with Crippen LogP contribution in [0.4, 0.5) is 0 Å². The smallest absolute Gasteiger partial charge is 0.303 e. The molecule has 1 aromatic heterocycles. The number of aliphatic hydroxyl groups excluding tert-OH is 1. The number of rotatable bonds is 19. The monoisotopic (exact) mass is 479 g/mol. The summed E-state index contributed by atoms with van der Waals surface area (Å²) in [5.74, 6) is -0.849. The second kappa shape index (κ2) is 17.6. The summed E-state index contributed by atoms with van der Waals surface area (Å²) < 4.78 is 12.9. The number of ether oxygens (including phenoxy) is 2. The Kier molecular flexibility index (Phi) is 15.6. The highest BCUT2D eigenvalue weighted by Gasteiger charge is 2.34. The number of unbranched alkanes of at least 4 members (excludes halogenated alkanes) is 11. The van der Waals surface area contributed by atoms with Gasteiger partial charge in [-0.05, 0) is 32.4 Å². The summed E-state index contributed by atoms with van der Waals surface area (Å²) in [5, 5.41) is 11.0. The van der Waals surface area contributed by atoms with Gasteiger partial charge in [0.2, 0.25) is 0 Å². The summed E-state index contributed by atoms with van der Waals surface area (Å²) >= 11 is 0. The van der Waals surface area contributed by atoms with E-state index in [1.54, 1.807) is 0 Å². The zero-order valence-electron chi connectivity index (χ0n) is 22.3. The molecule has 34 heavy (non-hydrogen) atoms. The molecule has 0 fully saturated rings. The molecule has 0 aliphatic rings. The molecule has 1 N–H and O–H groups in total. The predicted molar refractivity (Wildman–Crippen MR) is 137 cm³/mol. The van der Waals surface area contributed by atoms with Crippen molar-refractivity contribution in [1.29, 1.82) is 0 Å². The zero-order chi connectivity index (χ0) is 25.3. The first-order chi connectivity index (χ1) is 16.3. The number of nitrogens with zero attached hydrogens (tertiary/aromatic N) is 1. The average molecular weight is 480 g/mol. The molecule has 0 aliphatic carbocycles. The van der Waals surface area contributed by atoms with Crippen LogP contribution in [0.15, 0.2) is 12.1 Å². The van der Waals surface area contributed by atoms with E-state index in [0.29, 0.717) is 6.42 Å². The molecular formula is C28H49NO5. The Labute approximate surface area is 207 Å². The number of aliphatic hydroxyl groups is 1. The van der Waals surface area contributed by atoms with E-state index in [-0.39, 0.29) is 6.61 Å². The fraction of sp³-hybridized carbons (Fsp3) is 0.786. The van der Waals surface area contributed by atoms with Gasteiger partial charge in [-0.3, -0.25) is 9.59 Å². The van der Waals surface area contributed by atoms with Crippen LogP contribution < -0.4 is 0 Å². The first-order valence-corrected chi connectivity index (χ1v) is 13.4. The summed E-state index contributed by atoms with van der Waals surface area (Å²) in [5.41, 5.74) is 1.92. The van der Waals surface area contributed by atoms with Crippen LogP contribution in [0.5, 0.6) is 0 Å². The lowest BCUT2D eigenvalue weighted by Gasteiger charge is -2.33. The SMILES string of the molecule is CCCCCCCCCCCCCC[C@@H](O)[C@@H](OC(C)=O)[C@H](COC(C)=O)n1c(C)ccc1C. The number of hydrogen-bond acceptors (Lipinski definition) is 5. The molecule has 0 radical (unpaired) electrons. The maximum atomic E-state index is 11.9. The fourth-order valence-corrected chi connectivity index (χ4v) is 4.69. The zero-order valence-corrected chi connectivity index (χ0v) is 22.3. The van der Waals surface area contributed by atoms with Gasteiger partial charge in [0.25, 0.3) is 0 Å². The van der Waals surface area contributed by atoms with Gasteiger partial charge >= 0.3 is 11.9 Å². The maximum Gasteiger partial charge on any atom is 0.303 e. The minimum Gasteiger partial charge on any atom is -0.464 e. The van der Waals surface area contributed by atoms with Crippen molar-refractivity contribution in [2.45, 2.75) is 136 Å². The van der Waals surface area contributed by atoms with Crippen molar-refractivity contribution in [1.82, 2.24) is 4.57 Å². The second-order valence-corrected chi connectivity index (χ2v) is 9.68. The normalized spacial score (nSPS) is 13.9. The minimum absolute atomic E-state index is 0.0408. The van der Waals surface area contributed by atoms with E-state index >= 15 is 0 Å². The van der Waals surface area contributed by atoms with E-state index in [1.807, 2.05) is 30.5 Å². The molecule has 1 heterocycles. The lowest BCUT2D eigenvalue weighted by Crippen LogP contribution is -2.41. The maximum absolute atomic E-state index is 11.9. The number of carbonyl (C=O) groups is 2. The van der Waals surface area contributed by atoms with Gasteiger partial charge in [-0.15, -0.1) is 0 Å². The van der Waals surface area contributed by atoms with Gasteiger partial charge in [-0.2, -0.15) is 0 Å². The van der Waals surface area contributed by atoms with Gasteiger partial charge in [0, 0.05) is 25.2 Å². The fourth-order valence-electron chi connectivity index (χ4n) is 4.69. The van der Waals surface area contributed by atoms with Crippen LogP contribution >= 0.6 is 0 Å². The van der Waals surface area contributed by atoms with Crippen molar-refractivity contribution < 1.29 is 24.2 Å². The van der Waals surface area contributed by atoms with Gasteiger partial charge in [0.05, 0.1) is 6.10 Å². The molecule has 1 rings (SSSR count). The molecular weight excluding hydrogens is 430 g/mol. The molecule has 0 saturated carbocycles. The first kappa shape index (κ1) is 30.2. The van der Waals surface area contributed by atoms with Crippen molar-refractivity contribution in [3.63, 3.8) is 0 Å². The number of esters is 2. The van der Waals surface area contributed by atoms with Crippen molar-refractivity contribution in [2.24, 2.45) is 0 Å². The summed E-state index contributed by atoms with van der Waals surface area (Å²) in [6.07, 6.45) is 14.0. The second-order valence-electron chi connectivity index (χ2n) is 9.68. The standard InChI is InChI=1S/C28H49NO5/c1-6-7-8-9-10-11-12-13-14-15-16-17-18-27(32)28(34-25(5)31)26(21-33-24(4)30)29-22(2)19-20-23(29)3/h19-20,26-28,32H,6-18,21H2,1-5H3/t26-,27+,28-/m0/s1. The van der Waals surface area contributed by atoms with Gasteiger partial charge in [0.15, 0.2) is 6.10 Å². The van der Waals surface area contributed by atoms with E-state index in [1.165, 1.54) is 71.6 Å². The van der Waals surface area contributed by atoms with Crippen molar-refractivity contribution in [3.8, 4) is 0 Å². The van der Waals surface area contributed by atoms with E-state index in [4.69, 9.17) is 9.47 Å². The molecule has 6 heteroatoms. The van der Waals surface area contributed by atoms with E-state index in [2.05, 4.69) is 6.92 Å². The Morgan fingerprint density at radius 3 is 1.74 bits per heavy atom. The molecule has 6 nitrogen and oxygen atoms in total. The molecule has 196 valence electrons. The van der Waals surface area contributed by atoms with Crippen LogP contribution in [-0.4, -0.2) is 40.4 Å². The van der Waals surface area contributed by atoms with Crippen LogP contribution in [0.3, 0.4) is 0 Å². The third-order valence-electron chi connectivity index (χ3n) is 6.53. The highest BCUT2D eigenvalue weighted by atomic mass is 16.6. The molecule has 0 aromatic carbocycles. The Morgan fingerprint density at radius 2 is 1.29 bits per heavy atom.